The quantitative estimate of drug-likeness (QED) is 0.171. The van der Waals surface area contributed by atoms with Gasteiger partial charge in [-0.1, -0.05) is 172 Å². The smallest absolute Gasteiger partial charge is 0.160 e. The van der Waals surface area contributed by atoms with Crippen LogP contribution < -0.4 is 0 Å². The molecule has 0 bridgehead atoms. The predicted octanol–water partition coefficient (Wildman–Crippen LogP) is 14.1. The molecule has 1 aliphatic carbocycles. The monoisotopic (exact) mass is 700 g/mol. The molecule has 10 aromatic rings. The van der Waals surface area contributed by atoms with E-state index in [2.05, 4.69) is 196 Å². The fourth-order valence-corrected chi connectivity index (χ4v) is 9.23. The summed E-state index contributed by atoms with van der Waals surface area (Å²) in [6.45, 7) is 4.67. The molecule has 0 radical (unpaired) electrons. The second kappa shape index (κ2) is 12.1. The van der Waals surface area contributed by atoms with Crippen LogP contribution in [0.3, 0.4) is 0 Å². The highest BCUT2D eigenvalue weighted by Crippen LogP contribution is 2.52. The fraction of sp³-hybridized carbons (Fsp3) is 0.0566. The highest BCUT2D eigenvalue weighted by Gasteiger charge is 2.38. The molecule has 0 saturated carbocycles. The molecule has 55 heavy (non-hydrogen) atoms. The summed E-state index contributed by atoms with van der Waals surface area (Å²) < 4.78 is 0. The molecular formula is C53H36N2. The molecule has 9 aromatic carbocycles. The Labute approximate surface area is 320 Å². The van der Waals surface area contributed by atoms with E-state index in [1.54, 1.807) is 0 Å². The van der Waals surface area contributed by atoms with Crippen LogP contribution >= 0.6 is 0 Å². The Hall–Kier alpha value is -6.90. The maximum absolute atomic E-state index is 5.41. The first-order valence-corrected chi connectivity index (χ1v) is 19.1. The summed E-state index contributed by atoms with van der Waals surface area (Å²) in [6, 6.07) is 65.9. The van der Waals surface area contributed by atoms with Crippen molar-refractivity contribution in [3.05, 3.63) is 193 Å². The number of nitrogens with zero attached hydrogens (tertiary/aromatic N) is 2. The molecule has 1 aromatic heterocycles. The Bertz CT molecular complexity index is 3140. The molecule has 2 nitrogen and oxygen atoms in total. The second-order valence-electron chi connectivity index (χ2n) is 15.3. The minimum absolute atomic E-state index is 0.184. The molecule has 0 amide bonds. The van der Waals surface area contributed by atoms with Gasteiger partial charge in [-0.05, 0) is 101 Å². The summed E-state index contributed by atoms with van der Waals surface area (Å²) in [5.41, 5.74) is 13.7. The molecule has 11 rings (SSSR count). The second-order valence-corrected chi connectivity index (χ2v) is 15.3. The van der Waals surface area contributed by atoms with Crippen LogP contribution in [0.25, 0.3) is 99.2 Å². The first-order chi connectivity index (χ1) is 27.0. The lowest BCUT2D eigenvalue weighted by Gasteiger charge is -2.24. The van der Waals surface area contributed by atoms with Crippen LogP contribution in [0.4, 0.5) is 0 Å². The van der Waals surface area contributed by atoms with Crippen LogP contribution in [0.2, 0.25) is 0 Å². The number of fused-ring (bicyclic) bond motifs is 11. The SMILES string of the molecule is CC1(C)c2ccccc2-c2ccc3nc(-c4cccc(-c5cccc(-c6ccc7c8ccccc8c8ccccc8c7c6)c5)c4)nc(-c4ccccc4)c3c21. The van der Waals surface area contributed by atoms with E-state index in [1.807, 2.05) is 0 Å². The number of hydrogen-bond acceptors (Lipinski definition) is 2. The molecule has 0 saturated heterocycles. The Balaban J connectivity index is 1.04. The Morgan fingerprint density at radius 3 is 1.58 bits per heavy atom. The van der Waals surface area contributed by atoms with Crippen LogP contribution in [0, 0.1) is 0 Å². The van der Waals surface area contributed by atoms with E-state index in [1.165, 1.54) is 65.7 Å². The van der Waals surface area contributed by atoms with Gasteiger partial charge in [0.25, 0.3) is 0 Å². The average Bonchev–Trinajstić information content (AvgIpc) is 3.49. The van der Waals surface area contributed by atoms with E-state index >= 15 is 0 Å². The summed E-state index contributed by atoms with van der Waals surface area (Å²) in [6.07, 6.45) is 0. The Morgan fingerprint density at radius 2 is 0.891 bits per heavy atom. The van der Waals surface area contributed by atoms with Gasteiger partial charge in [0.2, 0.25) is 0 Å². The van der Waals surface area contributed by atoms with E-state index in [-0.39, 0.29) is 5.41 Å². The van der Waals surface area contributed by atoms with Crippen molar-refractivity contribution in [1.29, 1.82) is 0 Å². The van der Waals surface area contributed by atoms with Crippen LogP contribution in [-0.2, 0) is 5.41 Å². The molecule has 0 spiro atoms. The highest BCUT2D eigenvalue weighted by molar-refractivity contribution is 6.25. The van der Waals surface area contributed by atoms with Crippen molar-refractivity contribution in [2.75, 3.05) is 0 Å². The van der Waals surface area contributed by atoms with Crippen molar-refractivity contribution in [1.82, 2.24) is 9.97 Å². The Morgan fingerprint density at radius 1 is 0.364 bits per heavy atom. The van der Waals surface area contributed by atoms with Gasteiger partial charge in [0.1, 0.15) is 0 Å². The number of hydrogen-bond donors (Lipinski definition) is 0. The van der Waals surface area contributed by atoms with Crippen molar-refractivity contribution < 1.29 is 0 Å². The fourth-order valence-electron chi connectivity index (χ4n) is 9.23. The molecule has 0 N–H and O–H groups in total. The lowest BCUT2D eigenvalue weighted by molar-refractivity contribution is 0.666. The van der Waals surface area contributed by atoms with Crippen molar-refractivity contribution in [3.8, 4) is 56.0 Å². The van der Waals surface area contributed by atoms with Crippen LogP contribution in [0.1, 0.15) is 25.0 Å². The summed E-state index contributed by atoms with van der Waals surface area (Å²) in [7, 11) is 0. The molecule has 1 heterocycles. The zero-order chi connectivity index (χ0) is 36.7. The van der Waals surface area contributed by atoms with E-state index < -0.39 is 0 Å². The van der Waals surface area contributed by atoms with Gasteiger partial charge in [-0.3, -0.25) is 0 Å². The van der Waals surface area contributed by atoms with Crippen LogP contribution in [0.15, 0.2) is 182 Å². The van der Waals surface area contributed by atoms with E-state index in [4.69, 9.17) is 9.97 Å². The van der Waals surface area contributed by atoms with Gasteiger partial charge in [0, 0.05) is 21.9 Å². The van der Waals surface area contributed by atoms with Gasteiger partial charge in [0.05, 0.1) is 11.2 Å². The standard InChI is InChI=1S/C53H36N2/c1-53(2)47-25-11-10-24-44(47)45-28-29-48-49(50(45)53)51(33-14-4-3-5-15-33)55-52(54-48)38-19-13-18-36(31-38)34-16-12-17-35(30-34)37-26-27-43-41-22-7-6-20-39(41)40-21-8-9-23-42(40)46(43)32-37/h3-32H,1-2H3. The molecule has 1 aliphatic rings. The lowest BCUT2D eigenvalue weighted by Crippen LogP contribution is -2.16. The van der Waals surface area contributed by atoms with Gasteiger partial charge in [-0.2, -0.15) is 0 Å². The average molecular weight is 701 g/mol. The summed E-state index contributed by atoms with van der Waals surface area (Å²) in [5.74, 6) is 0.728. The Kier molecular flexibility index (Phi) is 6.93. The predicted molar refractivity (Wildman–Crippen MR) is 231 cm³/mol. The van der Waals surface area contributed by atoms with Crippen molar-refractivity contribution >= 4 is 43.2 Å². The largest absolute Gasteiger partial charge is 0.228 e. The minimum atomic E-state index is -0.184. The lowest BCUT2D eigenvalue weighted by atomic mass is 9.80. The third-order valence-electron chi connectivity index (χ3n) is 11.8. The van der Waals surface area contributed by atoms with Gasteiger partial charge in [-0.15, -0.1) is 0 Å². The third-order valence-corrected chi connectivity index (χ3v) is 11.8. The number of benzene rings is 9. The molecular weight excluding hydrogens is 665 g/mol. The topological polar surface area (TPSA) is 25.8 Å². The van der Waals surface area contributed by atoms with Gasteiger partial charge < -0.3 is 0 Å². The molecule has 0 atom stereocenters. The number of rotatable bonds is 4. The first kappa shape index (κ1) is 31.6. The van der Waals surface area contributed by atoms with E-state index in [0.29, 0.717) is 0 Å². The maximum Gasteiger partial charge on any atom is 0.160 e. The molecule has 0 unspecified atom stereocenters. The zero-order valence-electron chi connectivity index (χ0n) is 30.7. The molecule has 258 valence electrons. The normalized spacial score (nSPS) is 13.1. The van der Waals surface area contributed by atoms with Crippen LogP contribution in [-0.4, -0.2) is 9.97 Å². The van der Waals surface area contributed by atoms with Crippen molar-refractivity contribution in [3.63, 3.8) is 0 Å². The summed E-state index contributed by atoms with van der Waals surface area (Å²) >= 11 is 0. The number of aromatic nitrogens is 2. The zero-order valence-corrected chi connectivity index (χ0v) is 30.7. The highest BCUT2D eigenvalue weighted by atomic mass is 14.9. The van der Waals surface area contributed by atoms with E-state index in [9.17, 15) is 0 Å². The van der Waals surface area contributed by atoms with Crippen molar-refractivity contribution in [2.24, 2.45) is 0 Å². The van der Waals surface area contributed by atoms with E-state index in [0.717, 1.165) is 44.7 Å². The maximum atomic E-state index is 5.41. The summed E-state index contributed by atoms with van der Waals surface area (Å²) in [4.78, 5) is 10.7. The first-order valence-electron chi connectivity index (χ1n) is 19.1. The minimum Gasteiger partial charge on any atom is -0.228 e. The molecule has 0 aliphatic heterocycles. The van der Waals surface area contributed by atoms with Crippen molar-refractivity contribution in [2.45, 2.75) is 19.3 Å². The molecule has 2 heteroatoms. The van der Waals surface area contributed by atoms with Gasteiger partial charge in [-0.25, -0.2) is 9.97 Å². The third kappa shape index (κ3) is 4.88. The molecule has 0 fully saturated rings. The van der Waals surface area contributed by atoms with Gasteiger partial charge in [0.15, 0.2) is 5.82 Å². The van der Waals surface area contributed by atoms with Gasteiger partial charge >= 0.3 is 0 Å². The van der Waals surface area contributed by atoms with Crippen LogP contribution in [0.5, 0.6) is 0 Å². The summed E-state index contributed by atoms with van der Waals surface area (Å²) in [5, 5.41) is 8.85.